The third-order valence-electron chi connectivity index (χ3n) is 3.05. The van der Waals surface area contributed by atoms with Crippen molar-refractivity contribution in [3.8, 4) is 0 Å². The van der Waals surface area contributed by atoms with Crippen LogP contribution in [0.5, 0.6) is 0 Å². The van der Waals surface area contributed by atoms with Crippen molar-refractivity contribution in [3.05, 3.63) is 38.0 Å². The van der Waals surface area contributed by atoms with Crippen molar-refractivity contribution < 1.29 is 27.5 Å². The summed E-state index contributed by atoms with van der Waals surface area (Å²) in [5.41, 5.74) is 0. The standard InChI is InChI=1S/C18H31Cl3O6Si/c1-4-7-22-13-16(10-19)25-28(26-17(11-20)14-23-8-5-2)27-18(12-21)15-24-9-6-3/h4-6,16-18,28H,1-3,7-15H2. The van der Waals surface area contributed by atoms with Crippen LogP contribution in [0.15, 0.2) is 38.0 Å². The molecule has 0 aromatic heterocycles. The maximum absolute atomic E-state index is 5.99. The molecule has 0 saturated heterocycles. The Kier molecular flexibility index (Phi) is 20.4. The lowest BCUT2D eigenvalue weighted by molar-refractivity contribution is -0.0328. The van der Waals surface area contributed by atoms with Crippen molar-refractivity contribution in [2.24, 2.45) is 0 Å². The van der Waals surface area contributed by atoms with Crippen LogP contribution in [0.2, 0.25) is 0 Å². The smallest absolute Gasteiger partial charge is 0.375 e. The second-order valence-corrected chi connectivity index (χ2v) is 7.82. The summed E-state index contributed by atoms with van der Waals surface area (Å²) in [6, 6.07) is 0. The van der Waals surface area contributed by atoms with Crippen LogP contribution in [0.25, 0.3) is 0 Å². The van der Waals surface area contributed by atoms with Crippen molar-refractivity contribution in [2.45, 2.75) is 18.3 Å². The van der Waals surface area contributed by atoms with E-state index >= 15 is 0 Å². The molecule has 6 nitrogen and oxygen atoms in total. The molecule has 0 aliphatic rings. The van der Waals surface area contributed by atoms with E-state index in [4.69, 9.17) is 62.3 Å². The SMILES string of the molecule is C=CCOCC(CCl)O[SiH](OC(CCl)COCC=C)OC(CCl)COCC=C. The number of ether oxygens (including phenoxy) is 3. The molecule has 0 spiro atoms. The Labute approximate surface area is 185 Å². The van der Waals surface area contributed by atoms with Crippen LogP contribution >= 0.6 is 34.8 Å². The summed E-state index contributed by atoms with van der Waals surface area (Å²) in [5, 5.41) is 0. The Morgan fingerprint density at radius 1 is 0.607 bits per heavy atom. The van der Waals surface area contributed by atoms with Crippen LogP contribution in [0.1, 0.15) is 0 Å². The van der Waals surface area contributed by atoms with Gasteiger partial charge in [-0.2, -0.15) is 0 Å². The average molecular weight is 478 g/mol. The van der Waals surface area contributed by atoms with Gasteiger partial charge >= 0.3 is 9.53 Å². The molecule has 0 heterocycles. The molecule has 28 heavy (non-hydrogen) atoms. The van der Waals surface area contributed by atoms with Gasteiger partial charge in [0, 0.05) is 17.6 Å². The molecule has 164 valence electrons. The lowest BCUT2D eigenvalue weighted by Gasteiger charge is -2.28. The van der Waals surface area contributed by atoms with Gasteiger partial charge in [0.15, 0.2) is 0 Å². The van der Waals surface area contributed by atoms with E-state index < -0.39 is 27.8 Å². The van der Waals surface area contributed by atoms with Crippen LogP contribution in [-0.2, 0) is 27.5 Å². The normalized spacial score (nSPS) is 15.5. The van der Waals surface area contributed by atoms with E-state index in [2.05, 4.69) is 19.7 Å². The first-order valence-electron chi connectivity index (χ1n) is 8.85. The largest absolute Gasteiger partial charge is 0.485 e. The van der Waals surface area contributed by atoms with Gasteiger partial charge in [0.25, 0.3) is 0 Å². The molecule has 0 rings (SSSR count). The number of hydrogen-bond donors (Lipinski definition) is 0. The molecule has 0 aliphatic carbocycles. The van der Waals surface area contributed by atoms with Crippen molar-refractivity contribution in [1.82, 2.24) is 0 Å². The van der Waals surface area contributed by atoms with Gasteiger partial charge in [-0.3, -0.25) is 0 Å². The van der Waals surface area contributed by atoms with Crippen molar-refractivity contribution >= 4 is 44.3 Å². The Hall–Kier alpha value is 0.0669. The van der Waals surface area contributed by atoms with Crippen LogP contribution in [0, 0.1) is 0 Å². The number of alkyl halides is 3. The van der Waals surface area contributed by atoms with Gasteiger partial charge in [0.1, 0.15) is 0 Å². The van der Waals surface area contributed by atoms with Crippen LogP contribution in [-0.4, -0.2) is 85.1 Å². The first-order valence-corrected chi connectivity index (χ1v) is 11.9. The highest BCUT2D eigenvalue weighted by Gasteiger charge is 2.28. The van der Waals surface area contributed by atoms with E-state index in [1.807, 2.05) is 0 Å². The van der Waals surface area contributed by atoms with E-state index in [0.29, 0.717) is 19.8 Å². The molecule has 3 atom stereocenters. The Balaban J connectivity index is 4.90. The third kappa shape index (κ3) is 15.0. The van der Waals surface area contributed by atoms with Crippen molar-refractivity contribution in [3.63, 3.8) is 0 Å². The summed E-state index contributed by atoms with van der Waals surface area (Å²) < 4.78 is 34.1. The molecule has 0 N–H and O–H groups in total. The third-order valence-corrected chi connectivity index (χ3v) is 5.90. The number of hydrogen-bond acceptors (Lipinski definition) is 6. The van der Waals surface area contributed by atoms with E-state index in [-0.39, 0.29) is 37.5 Å². The van der Waals surface area contributed by atoms with Gasteiger partial charge in [-0.05, 0) is 0 Å². The average Bonchev–Trinajstić information content (AvgIpc) is 2.71. The second kappa shape index (κ2) is 20.3. The van der Waals surface area contributed by atoms with Gasteiger partial charge in [0.2, 0.25) is 0 Å². The lowest BCUT2D eigenvalue weighted by atomic mass is 10.4. The molecule has 0 aromatic rings. The molecule has 0 amide bonds. The van der Waals surface area contributed by atoms with Gasteiger partial charge in [-0.25, -0.2) is 0 Å². The molecule has 3 unspecified atom stereocenters. The molecule has 0 radical (unpaired) electrons. The molecular weight excluding hydrogens is 447 g/mol. The first-order chi connectivity index (χ1) is 13.6. The zero-order chi connectivity index (χ0) is 21.0. The highest BCUT2D eigenvalue weighted by Crippen LogP contribution is 2.11. The Morgan fingerprint density at radius 2 is 0.893 bits per heavy atom. The topological polar surface area (TPSA) is 55.4 Å². The maximum Gasteiger partial charge on any atom is 0.485 e. The summed E-state index contributed by atoms with van der Waals surface area (Å²) in [6.07, 6.45) is 3.71. The fourth-order valence-electron chi connectivity index (χ4n) is 1.78. The van der Waals surface area contributed by atoms with Crippen LogP contribution in [0.3, 0.4) is 0 Å². The van der Waals surface area contributed by atoms with E-state index in [9.17, 15) is 0 Å². The quantitative estimate of drug-likeness (QED) is 0.110. The number of halogens is 3. The highest BCUT2D eigenvalue weighted by atomic mass is 35.5. The molecule has 10 heteroatoms. The number of rotatable bonds is 21. The van der Waals surface area contributed by atoms with Crippen molar-refractivity contribution in [1.29, 1.82) is 0 Å². The Morgan fingerprint density at radius 3 is 1.11 bits per heavy atom. The molecular formula is C18H31Cl3O6Si. The lowest BCUT2D eigenvalue weighted by Crippen LogP contribution is -2.43. The minimum atomic E-state index is -2.69. The summed E-state index contributed by atoms with van der Waals surface area (Å²) in [4.78, 5) is 0. The predicted octanol–water partition coefficient (Wildman–Crippen LogP) is 3.18. The highest BCUT2D eigenvalue weighted by molar-refractivity contribution is 6.37. The van der Waals surface area contributed by atoms with Gasteiger partial charge in [0.05, 0.1) is 58.0 Å². The van der Waals surface area contributed by atoms with Crippen LogP contribution < -0.4 is 0 Å². The van der Waals surface area contributed by atoms with Gasteiger partial charge in [-0.1, -0.05) is 18.2 Å². The molecule has 0 fully saturated rings. The van der Waals surface area contributed by atoms with Crippen molar-refractivity contribution in [2.75, 3.05) is 57.3 Å². The molecule has 0 saturated carbocycles. The van der Waals surface area contributed by atoms with Gasteiger partial charge in [-0.15, -0.1) is 54.5 Å². The fraction of sp³-hybridized carbons (Fsp3) is 0.667. The molecule has 0 aromatic carbocycles. The zero-order valence-corrected chi connectivity index (χ0v) is 19.5. The minimum Gasteiger partial charge on any atom is -0.375 e. The minimum absolute atomic E-state index is 0.213. The summed E-state index contributed by atoms with van der Waals surface area (Å²) in [7, 11) is -2.69. The van der Waals surface area contributed by atoms with Gasteiger partial charge < -0.3 is 27.5 Å². The van der Waals surface area contributed by atoms with E-state index in [1.54, 1.807) is 18.2 Å². The monoisotopic (exact) mass is 476 g/mol. The fourth-order valence-corrected chi connectivity index (χ4v) is 4.29. The summed E-state index contributed by atoms with van der Waals surface area (Å²) >= 11 is 18.0. The van der Waals surface area contributed by atoms with E-state index in [0.717, 1.165) is 0 Å². The Bertz CT molecular complexity index is 348. The summed E-state index contributed by atoms with van der Waals surface area (Å²) in [5.74, 6) is 0.638. The first kappa shape index (κ1) is 28.1. The molecule has 0 bridgehead atoms. The predicted molar refractivity (Wildman–Crippen MR) is 117 cm³/mol. The molecule has 0 aliphatic heterocycles. The van der Waals surface area contributed by atoms with E-state index in [1.165, 1.54) is 0 Å². The van der Waals surface area contributed by atoms with Crippen LogP contribution in [0.4, 0.5) is 0 Å². The maximum atomic E-state index is 5.99. The summed E-state index contributed by atoms with van der Waals surface area (Å²) in [6.45, 7) is 12.8. The zero-order valence-electron chi connectivity index (χ0n) is 16.1. The second-order valence-electron chi connectivity index (χ2n) is 5.50.